The first-order chi connectivity index (χ1) is 9.99. The zero-order valence-corrected chi connectivity index (χ0v) is 13.6. The third-order valence-corrected chi connectivity index (χ3v) is 3.49. The van der Waals surface area contributed by atoms with Crippen LogP contribution in [0.25, 0.3) is 0 Å². The second-order valence-corrected chi connectivity index (χ2v) is 5.91. The molecule has 4 unspecified atom stereocenters. The number of unbranched alkanes of at least 4 members (excludes halogenated alkanes) is 2. The van der Waals surface area contributed by atoms with Crippen LogP contribution in [0.4, 0.5) is 0 Å². The van der Waals surface area contributed by atoms with Crippen LogP contribution in [0.3, 0.4) is 0 Å². The molecular weight excluding hydrogens is 272 g/mol. The lowest BCUT2D eigenvalue weighted by Crippen LogP contribution is -2.27. The third kappa shape index (κ3) is 13.2. The number of aliphatic hydroxyl groups excluding tert-OH is 4. The predicted molar refractivity (Wildman–Crippen MR) is 83.1 cm³/mol. The summed E-state index contributed by atoms with van der Waals surface area (Å²) >= 11 is 0. The average Bonchev–Trinajstić information content (AvgIpc) is 2.42. The number of ether oxygens (including phenoxy) is 1. The quantitative estimate of drug-likeness (QED) is 0.391. The summed E-state index contributed by atoms with van der Waals surface area (Å²) in [7, 11) is 0. The fourth-order valence-corrected chi connectivity index (χ4v) is 2.22. The molecule has 0 fully saturated rings. The highest BCUT2D eigenvalue weighted by molar-refractivity contribution is 4.65. The summed E-state index contributed by atoms with van der Waals surface area (Å²) in [6.07, 6.45) is 3.51. The molecule has 128 valence electrons. The Morgan fingerprint density at radius 2 is 1.05 bits per heavy atom. The summed E-state index contributed by atoms with van der Waals surface area (Å²) < 4.78 is 5.25. The molecule has 0 saturated heterocycles. The average molecular weight is 306 g/mol. The fraction of sp³-hybridized carbons (Fsp3) is 1.00. The van der Waals surface area contributed by atoms with Gasteiger partial charge in [-0.2, -0.15) is 0 Å². The fourth-order valence-electron chi connectivity index (χ4n) is 2.22. The summed E-state index contributed by atoms with van der Waals surface area (Å²) in [6.45, 7) is 4.32. The van der Waals surface area contributed by atoms with E-state index in [0.29, 0.717) is 25.7 Å². The van der Waals surface area contributed by atoms with Gasteiger partial charge in [0.1, 0.15) is 0 Å². The summed E-state index contributed by atoms with van der Waals surface area (Å²) in [5.41, 5.74) is 0. The Balaban J connectivity index is 3.62. The van der Waals surface area contributed by atoms with Crippen molar-refractivity contribution >= 4 is 0 Å². The van der Waals surface area contributed by atoms with Gasteiger partial charge in [-0.3, -0.25) is 0 Å². The Bertz CT molecular complexity index is 203. The maximum Gasteiger partial charge on any atom is 0.0798 e. The van der Waals surface area contributed by atoms with Crippen molar-refractivity contribution in [1.82, 2.24) is 0 Å². The molecule has 5 heteroatoms. The van der Waals surface area contributed by atoms with Gasteiger partial charge in [-0.05, 0) is 12.8 Å². The molecule has 0 aliphatic heterocycles. The normalized spacial score (nSPS) is 17.4. The summed E-state index contributed by atoms with van der Waals surface area (Å²) in [4.78, 5) is 0. The molecule has 0 saturated carbocycles. The molecule has 0 radical (unpaired) electrons. The lowest BCUT2D eigenvalue weighted by atomic mass is 10.1. The van der Waals surface area contributed by atoms with Crippen LogP contribution in [0.15, 0.2) is 0 Å². The Kier molecular flexibility index (Phi) is 13.3. The molecule has 0 rings (SSSR count). The van der Waals surface area contributed by atoms with Crippen LogP contribution >= 0.6 is 0 Å². The van der Waals surface area contributed by atoms with E-state index >= 15 is 0 Å². The van der Waals surface area contributed by atoms with E-state index in [2.05, 4.69) is 13.8 Å². The van der Waals surface area contributed by atoms with Crippen LogP contribution in [-0.2, 0) is 4.74 Å². The summed E-state index contributed by atoms with van der Waals surface area (Å²) in [6, 6.07) is 0. The molecule has 4 N–H and O–H groups in total. The van der Waals surface area contributed by atoms with Crippen molar-refractivity contribution in [2.24, 2.45) is 0 Å². The molecule has 0 spiro atoms. The summed E-state index contributed by atoms with van der Waals surface area (Å²) in [5, 5.41) is 38.8. The van der Waals surface area contributed by atoms with E-state index in [1.54, 1.807) is 0 Å². The van der Waals surface area contributed by atoms with Crippen molar-refractivity contribution in [3.63, 3.8) is 0 Å². The molecule has 0 aromatic heterocycles. The maximum absolute atomic E-state index is 9.71. The minimum atomic E-state index is -0.714. The SMILES string of the molecule is CCCCC(O)CC(O)COCC(O)CC(O)CCCC. The Labute approximate surface area is 129 Å². The van der Waals surface area contributed by atoms with Crippen molar-refractivity contribution in [3.05, 3.63) is 0 Å². The zero-order chi connectivity index (χ0) is 16.1. The highest BCUT2D eigenvalue weighted by Gasteiger charge is 2.15. The van der Waals surface area contributed by atoms with Crippen molar-refractivity contribution in [1.29, 1.82) is 0 Å². The Hall–Kier alpha value is -0.200. The molecule has 0 amide bonds. The number of aliphatic hydroxyl groups is 4. The van der Waals surface area contributed by atoms with E-state index in [9.17, 15) is 20.4 Å². The van der Waals surface area contributed by atoms with Gasteiger partial charge in [0, 0.05) is 12.8 Å². The molecule has 0 aliphatic carbocycles. The van der Waals surface area contributed by atoms with Crippen LogP contribution in [0, 0.1) is 0 Å². The van der Waals surface area contributed by atoms with E-state index in [1.165, 1.54) is 0 Å². The van der Waals surface area contributed by atoms with Gasteiger partial charge in [-0.15, -0.1) is 0 Å². The first kappa shape index (κ1) is 20.8. The van der Waals surface area contributed by atoms with Gasteiger partial charge in [0.15, 0.2) is 0 Å². The van der Waals surface area contributed by atoms with Crippen molar-refractivity contribution in [2.45, 2.75) is 89.6 Å². The molecule has 5 nitrogen and oxygen atoms in total. The van der Waals surface area contributed by atoms with Crippen LogP contribution in [-0.4, -0.2) is 58.1 Å². The minimum Gasteiger partial charge on any atom is -0.393 e. The van der Waals surface area contributed by atoms with Gasteiger partial charge in [-0.25, -0.2) is 0 Å². The summed E-state index contributed by atoms with van der Waals surface area (Å²) in [5.74, 6) is 0. The number of rotatable bonds is 14. The Morgan fingerprint density at radius 3 is 1.38 bits per heavy atom. The van der Waals surface area contributed by atoms with Crippen LogP contribution < -0.4 is 0 Å². The number of hydrogen-bond acceptors (Lipinski definition) is 5. The molecule has 0 aromatic rings. The zero-order valence-electron chi connectivity index (χ0n) is 13.6. The van der Waals surface area contributed by atoms with Gasteiger partial charge in [0.2, 0.25) is 0 Å². The smallest absolute Gasteiger partial charge is 0.0798 e. The highest BCUT2D eigenvalue weighted by Crippen LogP contribution is 2.09. The van der Waals surface area contributed by atoms with Crippen molar-refractivity contribution < 1.29 is 25.2 Å². The van der Waals surface area contributed by atoms with Crippen LogP contribution in [0.5, 0.6) is 0 Å². The first-order valence-corrected chi connectivity index (χ1v) is 8.29. The lowest BCUT2D eigenvalue weighted by molar-refractivity contribution is -0.0347. The second kappa shape index (κ2) is 13.5. The Morgan fingerprint density at radius 1 is 0.667 bits per heavy atom. The van der Waals surface area contributed by atoms with Crippen molar-refractivity contribution in [2.75, 3.05) is 13.2 Å². The van der Waals surface area contributed by atoms with Gasteiger partial charge in [0.05, 0.1) is 37.6 Å². The largest absolute Gasteiger partial charge is 0.393 e. The monoisotopic (exact) mass is 306 g/mol. The standard InChI is InChI=1S/C16H34O5/c1-3-5-7-13(17)9-15(19)11-21-12-16(20)10-14(18)8-6-4-2/h13-20H,3-12H2,1-2H3. The van der Waals surface area contributed by atoms with Gasteiger partial charge < -0.3 is 25.2 Å². The molecule has 21 heavy (non-hydrogen) atoms. The molecule has 4 atom stereocenters. The van der Waals surface area contributed by atoms with Crippen LogP contribution in [0.1, 0.15) is 65.2 Å². The van der Waals surface area contributed by atoms with Gasteiger partial charge >= 0.3 is 0 Å². The molecular formula is C16H34O5. The van der Waals surface area contributed by atoms with E-state index in [0.717, 1.165) is 25.7 Å². The molecule has 0 heterocycles. The molecule has 0 aliphatic rings. The van der Waals surface area contributed by atoms with E-state index in [4.69, 9.17) is 4.74 Å². The van der Waals surface area contributed by atoms with E-state index in [1.807, 2.05) is 0 Å². The number of hydrogen-bond donors (Lipinski definition) is 4. The topological polar surface area (TPSA) is 90.2 Å². The predicted octanol–water partition coefficient (Wildman–Crippen LogP) is 1.61. The molecule has 0 aromatic carbocycles. The van der Waals surface area contributed by atoms with Crippen LogP contribution in [0.2, 0.25) is 0 Å². The van der Waals surface area contributed by atoms with Gasteiger partial charge in [0.25, 0.3) is 0 Å². The maximum atomic E-state index is 9.71. The first-order valence-electron chi connectivity index (χ1n) is 8.29. The van der Waals surface area contributed by atoms with E-state index < -0.39 is 24.4 Å². The molecule has 0 bridgehead atoms. The minimum absolute atomic E-state index is 0.102. The van der Waals surface area contributed by atoms with E-state index in [-0.39, 0.29) is 13.2 Å². The van der Waals surface area contributed by atoms with Gasteiger partial charge in [-0.1, -0.05) is 39.5 Å². The lowest BCUT2D eigenvalue weighted by Gasteiger charge is -2.18. The van der Waals surface area contributed by atoms with Crippen molar-refractivity contribution in [3.8, 4) is 0 Å². The second-order valence-electron chi connectivity index (χ2n) is 5.91. The highest BCUT2D eigenvalue weighted by atomic mass is 16.5. The third-order valence-electron chi connectivity index (χ3n) is 3.49.